The molecule has 0 saturated carbocycles. The number of piperidine rings is 1. The number of nitrogens with zero attached hydrogens (tertiary/aromatic N) is 1. The predicted octanol–water partition coefficient (Wildman–Crippen LogP) is 2.23. The Morgan fingerprint density at radius 2 is 2.25 bits per heavy atom. The summed E-state index contributed by atoms with van der Waals surface area (Å²) in [7, 11) is 2.05. The molecule has 2 atom stereocenters. The summed E-state index contributed by atoms with van der Waals surface area (Å²) < 4.78 is 5.81. The van der Waals surface area contributed by atoms with Crippen molar-refractivity contribution >= 4 is 11.5 Å². The van der Waals surface area contributed by atoms with Crippen LogP contribution in [0.25, 0.3) is 0 Å². The Morgan fingerprint density at radius 3 is 3.00 bits per heavy atom. The van der Waals surface area contributed by atoms with Crippen molar-refractivity contribution in [2.75, 3.05) is 25.0 Å². The largest absolute Gasteiger partial charge is 0.487 e. The van der Waals surface area contributed by atoms with Gasteiger partial charge < -0.3 is 15.0 Å². The van der Waals surface area contributed by atoms with Crippen molar-refractivity contribution in [3.63, 3.8) is 0 Å². The van der Waals surface area contributed by atoms with Crippen LogP contribution in [0.1, 0.15) is 36.5 Å². The molecule has 4 heteroatoms. The standard InChI is InChI=1S/C16H22N2O2/c1-11-10-18(2)14-9-12(6-7-15(14)20-11)16(19)13-5-3-4-8-17-13/h6-7,9,11,13,17H,3-5,8,10H2,1-2H3. The first kappa shape index (κ1) is 13.4. The Morgan fingerprint density at radius 1 is 1.40 bits per heavy atom. The average molecular weight is 274 g/mol. The van der Waals surface area contributed by atoms with Gasteiger partial charge in [-0.1, -0.05) is 6.42 Å². The smallest absolute Gasteiger partial charge is 0.179 e. The number of anilines is 1. The minimum atomic E-state index is -0.0180. The van der Waals surface area contributed by atoms with E-state index in [1.807, 2.05) is 25.2 Å². The molecule has 0 amide bonds. The molecule has 0 spiro atoms. The van der Waals surface area contributed by atoms with Gasteiger partial charge in [0.25, 0.3) is 0 Å². The van der Waals surface area contributed by atoms with Crippen LogP contribution in [-0.2, 0) is 0 Å². The van der Waals surface area contributed by atoms with E-state index in [1.165, 1.54) is 6.42 Å². The van der Waals surface area contributed by atoms with Crippen LogP contribution in [0.4, 0.5) is 5.69 Å². The van der Waals surface area contributed by atoms with E-state index in [0.717, 1.165) is 42.9 Å². The van der Waals surface area contributed by atoms with Gasteiger partial charge in [0, 0.05) is 12.6 Å². The van der Waals surface area contributed by atoms with Crippen molar-refractivity contribution in [3.8, 4) is 5.75 Å². The van der Waals surface area contributed by atoms with Crippen molar-refractivity contribution in [1.29, 1.82) is 0 Å². The number of benzene rings is 1. The number of carbonyl (C=O) groups is 1. The molecular formula is C16H22N2O2. The number of rotatable bonds is 2. The lowest BCUT2D eigenvalue weighted by atomic mass is 9.96. The fourth-order valence-electron chi connectivity index (χ4n) is 3.08. The molecule has 3 rings (SSSR count). The minimum absolute atomic E-state index is 0.0180. The summed E-state index contributed by atoms with van der Waals surface area (Å²) in [6, 6.07) is 5.77. The second-order valence-electron chi connectivity index (χ2n) is 5.86. The summed E-state index contributed by atoms with van der Waals surface area (Å²) in [5.41, 5.74) is 1.80. The molecule has 2 aliphatic rings. The maximum atomic E-state index is 12.5. The number of carbonyl (C=O) groups excluding carboxylic acids is 1. The summed E-state index contributed by atoms with van der Waals surface area (Å²) in [5.74, 6) is 1.08. The van der Waals surface area contributed by atoms with E-state index >= 15 is 0 Å². The molecule has 0 bridgehead atoms. The van der Waals surface area contributed by atoms with Crippen LogP contribution in [0.5, 0.6) is 5.75 Å². The number of ether oxygens (including phenoxy) is 1. The summed E-state index contributed by atoms with van der Waals surface area (Å²) in [5, 5.41) is 3.32. The quantitative estimate of drug-likeness (QED) is 0.840. The van der Waals surface area contributed by atoms with Crippen LogP contribution in [0.15, 0.2) is 18.2 Å². The van der Waals surface area contributed by atoms with Gasteiger partial charge in [0.1, 0.15) is 11.9 Å². The third kappa shape index (κ3) is 2.52. The monoisotopic (exact) mass is 274 g/mol. The lowest BCUT2D eigenvalue weighted by molar-refractivity contribution is 0.0927. The van der Waals surface area contributed by atoms with Crippen molar-refractivity contribution in [3.05, 3.63) is 23.8 Å². The summed E-state index contributed by atoms with van der Waals surface area (Å²) in [4.78, 5) is 14.7. The number of Topliss-reactive ketones (excluding diaryl/α,β-unsaturated/α-hetero) is 1. The second kappa shape index (κ2) is 5.44. The van der Waals surface area contributed by atoms with Gasteiger partial charge in [-0.3, -0.25) is 4.79 Å². The number of hydrogen-bond acceptors (Lipinski definition) is 4. The van der Waals surface area contributed by atoms with E-state index in [4.69, 9.17) is 4.74 Å². The van der Waals surface area contributed by atoms with Crippen molar-refractivity contribution in [2.45, 2.75) is 38.3 Å². The first-order valence-electron chi connectivity index (χ1n) is 7.44. The molecule has 2 aliphatic heterocycles. The van der Waals surface area contributed by atoms with Crippen LogP contribution < -0.4 is 15.0 Å². The Labute approximate surface area is 120 Å². The molecule has 1 N–H and O–H groups in total. The Bertz CT molecular complexity index is 509. The van der Waals surface area contributed by atoms with E-state index in [1.54, 1.807) is 0 Å². The molecule has 0 aromatic heterocycles. The average Bonchev–Trinajstić information content (AvgIpc) is 2.47. The van der Waals surface area contributed by atoms with E-state index in [-0.39, 0.29) is 17.9 Å². The number of ketones is 1. The van der Waals surface area contributed by atoms with Gasteiger partial charge in [0.15, 0.2) is 5.78 Å². The molecule has 108 valence electrons. The molecular weight excluding hydrogens is 252 g/mol. The molecule has 1 aromatic rings. The molecule has 2 unspecified atom stereocenters. The Hall–Kier alpha value is -1.55. The van der Waals surface area contributed by atoms with Crippen LogP contribution in [-0.4, -0.2) is 38.1 Å². The topological polar surface area (TPSA) is 41.6 Å². The predicted molar refractivity (Wildman–Crippen MR) is 79.8 cm³/mol. The summed E-state index contributed by atoms with van der Waals surface area (Å²) in [6.45, 7) is 3.86. The van der Waals surface area contributed by atoms with Gasteiger partial charge >= 0.3 is 0 Å². The first-order valence-corrected chi connectivity index (χ1v) is 7.44. The third-order valence-corrected chi connectivity index (χ3v) is 4.14. The highest BCUT2D eigenvalue weighted by Crippen LogP contribution is 2.33. The minimum Gasteiger partial charge on any atom is -0.487 e. The fraction of sp³-hybridized carbons (Fsp3) is 0.562. The Kier molecular flexibility index (Phi) is 3.66. The maximum Gasteiger partial charge on any atom is 0.179 e. The number of nitrogens with one attached hydrogen (secondary N) is 1. The first-order chi connectivity index (χ1) is 9.65. The van der Waals surface area contributed by atoms with Gasteiger partial charge in [0.05, 0.1) is 18.3 Å². The highest BCUT2D eigenvalue weighted by atomic mass is 16.5. The van der Waals surface area contributed by atoms with E-state index in [2.05, 4.69) is 17.1 Å². The van der Waals surface area contributed by atoms with Crippen molar-refractivity contribution in [1.82, 2.24) is 5.32 Å². The van der Waals surface area contributed by atoms with E-state index in [9.17, 15) is 4.79 Å². The van der Waals surface area contributed by atoms with Crippen molar-refractivity contribution in [2.24, 2.45) is 0 Å². The van der Waals surface area contributed by atoms with Gasteiger partial charge in [-0.25, -0.2) is 0 Å². The number of hydrogen-bond donors (Lipinski definition) is 1. The molecule has 2 heterocycles. The SMILES string of the molecule is CC1CN(C)c2cc(C(=O)C3CCCCN3)ccc2O1. The highest BCUT2D eigenvalue weighted by molar-refractivity contribution is 6.01. The third-order valence-electron chi connectivity index (χ3n) is 4.14. The van der Waals surface area contributed by atoms with Crippen LogP contribution >= 0.6 is 0 Å². The second-order valence-corrected chi connectivity index (χ2v) is 5.86. The number of likely N-dealkylation sites (N-methyl/N-ethyl adjacent to an activating group) is 1. The van der Waals surface area contributed by atoms with Gasteiger partial charge in [-0.2, -0.15) is 0 Å². The number of fused-ring (bicyclic) bond motifs is 1. The molecule has 20 heavy (non-hydrogen) atoms. The van der Waals surface area contributed by atoms with Crippen LogP contribution in [0.2, 0.25) is 0 Å². The van der Waals surface area contributed by atoms with Crippen LogP contribution in [0.3, 0.4) is 0 Å². The highest BCUT2D eigenvalue weighted by Gasteiger charge is 2.25. The van der Waals surface area contributed by atoms with E-state index in [0.29, 0.717) is 0 Å². The molecule has 1 saturated heterocycles. The maximum absolute atomic E-state index is 12.5. The van der Waals surface area contributed by atoms with Gasteiger partial charge in [-0.15, -0.1) is 0 Å². The van der Waals surface area contributed by atoms with E-state index < -0.39 is 0 Å². The van der Waals surface area contributed by atoms with Gasteiger partial charge in [0.2, 0.25) is 0 Å². The Balaban J connectivity index is 1.84. The molecule has 0 radical (unpaired) electrons. The van der Waals surface area contributed by atoms with Crippen LogP contribution in [0, 0.1) is 0 Å². The van der Waals surface area contributed by atoms with Crippen molar-refractivity contribution < 1.29 is 9.53 Å². The zero-order chi connectivity index (χ0) is 14.1. The molecule has 4 nitrogen and oxygen atoms in total. The fourth-order valence-corrected chi connectivity index (χ4v) is 3.08. The molecule has 1 aromatic carbocycles. The molecule has 0 aliphatic carbocycles. The zero-order valence-electron chi connectivity index (χ0n) is 12.2. The zero-order valence-corrected chi connectivity index (χ0v) is 12.2. The van der Waals surface area contributed by atoms with Gasteiger partial charge in [-0.05, 0) is 44.5 Å². The lowest BCUT2D eigenvalue weighted by Gasteiger charge is -2.32. The lowest BCUT2D eigenvalue weighted by Crippen LogP contribution is -2.40. The normalized spacial score (nSPS) is 25.8. The summed E-state index contributed by atoms with van der Waals surface area (Å²) in [6.07, 6.45) is 3.44. The summed E-state index contributed by atoms with van der Waals surface area (Å²) >= 11 is 0. The molecule has 1 fully saturated rings.